The Kier molecular flexibility index (Phi) is 4.98. The van der Waals surface area contributed by atoms with E-state index in [0.29, 0.717) is 17.3 Å². The molecule has 3 aromatic rings. The molecule has 0 aliphatic carbocycles. The third-order valence-electron chi connectivity index (χ3n) is 3.48. The zero-order chi connectivity index (χ0) is 19.4. The van der Waals surface area contributed by atoms with Crippen LogP contribution >= 0.6 is 0 Å². The molecular weight excluding hydrogens is 346 g/mol. The van der Waals surface area contributed by atoms with Crippen LogP contribution in [-0.2, 0) is 4.79 Å². The summed E-state index contributed by atoms with van der Waals surface area (Å²) in [6.45, 7) is 8.74. The summed E-state index contributed by atoms with van der Waals surface area (Å²) in [6, 6.07) is 6.99. The van der Waals surface area contributed by atoms with Gasteiger partial charge in [-0.15, -0.1) is 5.10 Å². The highest BCUT2D eigenvalue weighted by atomic mass is 16.5. The number of aliphatic hydroxyl groups excluding tert-OH is 1. The van der Waals surface area contributed by atoms with Crippen molar-refractivity contribution >= 4 is 17.4 Å². The van der Waals surface area contributed by atoms with Gasteiger partial charge in [0.25, 0.3) is 5.91 Å². The van der Waals surface area contributed by atoms with Gasteiger partial charge >= 0.3 is 0 Å². The van der Waals surface area contributed by atoms with Crippen LogP contribution in [0.3, 0.4) is 0 Å². The molecule has 0 aliphatic rings. The Bertz CT molecular complexity index is 1050. The maximum Gasteiger partial charge on any atom is 0.260 e. The molecular formula is C19H17N5O3. The number of allylic oxidation sites excluding steroid dienone is 2. The summed E-state index contributed by atoms with van der Waals surface area (Å²) < 4.78 is 7.13. The van der Waals surface area contributed by atoms with Crippen LogP contribution in [0.25, 0.3) is 5.65 Å². The summed E-state index contributed by atoms with van der Waals surface area (Å²) in [6.07, 6.45) is 5.87. The van der Waals surface area contributed by atoms with Crippen LogP contribution in [-0.4, -0.2) is 30.6 Å². The molecule has 0 unspecified atom stereocenters. The van der Waals surface area contributed by atoms with Crippen molar-refractivity contribution in [2.45, 2.75) is 6.92 Å². The molecule has 27 heavy (non-hydrogen) atoms. The number of rotatable bonds is 6. The summed E-state index contributed by atoms with van der Waals surface area (Å²) in [5, 5.41) is 16.4. The van der Waals surface area contributed by atoms with E-state index in [1.165, 1.54) is 22.9 Å². The number of aryl methyl sites for hydroxylation is 1. The van der Waals surface area contributed by atoms with Crippen molar-refractivity contribution in [3.8, 4) is 11.6 Å². The predicted molar refractivity (Wildman–Crippen MR) is 101 cm³/mol. The molecule has 0 radical (unpaired) electrons. The molecule has 0 spiro atoms. The molecule has 1 amide bonds. The zero-order valence-corrected chi connectivity index (χ0v) is 14.6. The zero-order valence-electron chi connectivity index (χ0n) is 14.6. The molecule has 0 saturated carbocycles. The lowest BCUT2D eigenvalue weighted by molar-refractivity contribution is -0.112. The highest BCUT2D eigenvalue weighted by Gasteiger charge is 2.14. The Labute approximate surface area is 155 Å². The summed E-state index contributed by atoms with van der Waals surface area (Å²) in [5.41, 5.74) is 1.39. The number of hydrogen-bond donors (Lipinski definition) is 2. The van der Waals surface area contributed by atoms with Gasteiger partial charge in [0.05, 0.1) is 18.0 Å². The van der Waals surface area contributed by atoms with Crippen LogP contribution in [0.5, 0.6) is 11.6 Å². The number of hydrogen-bond acceptors (Lipinski definition) is 6. The summed E-state index contributed by atoms with van der Waals surface area (Å²) in [5.74, 6) is 0.240. The van der Waals surface area contributed by atoms with Gasteiger partial charge in [0.1, 0.15) is 11.5 Å². The van der Waals surface area contributed by atoms with Gasteiger partial charge < -0.3 is 15.2 Å². The number of nitrogens with zero attached hydrogens (tertiary/aromatic N) is 4. The first kappa shape index (κ1) is 17.9. The van der Waals surface area contributed by atoms with Crippen LogP contribution in [0.4, 0.5) is 5.82 Å². The maximum atomic E-state index is 12.2. The van der Waals surface area contributed by atoms with Gasteiger partial charge in [-0.2, -0.15) is 0 Å². The van der Waals surface area contributed by atoms with E-state index in [-0.39, 0.29) is 17.2 Å². The van der Waals surface area contributed by atoms with Crippen LogP contribution in [0.1, 0.15) is 5.69 Å². The highest BCUT2D eigenvalue weighted by Crippen LogP contribution is 2.20. The summed E-state index contributed by atoms with van der Waals surface area (Å²) in [7, 11) is 0. The summed E-state index contributed by atoms with van der Waals surface area (Å²) >= 11 is 0. The van der Waals surface area contributed by atoms with E-state index < -0.39 is 5.91 Å². The van der Waals surface area contributed by atoms with E-state index in [2.05, 4.69) is 33.5 Å². The van der Waals surface area contributed by atoms with E-state index >= 15 is 0 Å². The molecule has 0 aliphatic heterocycles. The van der Waals surface area contributed by atoms with Gasteiger partial charge in [-0.05, 0) is 31.2 Å². The van der Waals surface area contributed by atoms with Gasteiger partial charge in [-0.1, -0.05) is 19.2 Å². The Morgan fingerprint density at radius 3 is 2.81 bits per heavy atom. The highest BCUT2D eigenvalue weighted by molar-refractivity contribution is 6.06. The minimum atomic E-state index is -0.562. The number of nitrogens with one attached hydrogen (secondary N) is 1. The lowest BCUT2D eigenvalue weighted by Gasteiger charge is -2.04. The average Bonchev–Trinajstić information content (AvgIpc) is 3.02. The molecule has 0 aromatic carbocycles. The number of fused-ring (bicyclic) bond motifs is 1. The van der Waals surface area contributed by atoms with Gasteiger partial charge in [0, 0.05) is 11.8 Å². The van der Waals surface area contributed by atoms with E-state index in [1.54, 1.807) is 24.4 Å². The molecule has 8 nitrogen and oxygen atoms in total. The van der Waals surface area contributed by atoms with Crippen LogP contribution in [0.15, 0.2) is 73.3 Å². The Balaban J connectivity index is 1.80. The minimum Gasteiger partial charge on any atom is -0.508 e. The van der Waals surface area contributed by atoms with Crippen molar-refractivity contribution in [2.24, 2.45) is 0 Å². The van der Waals surface area contributed by atoms with Gasteiger partial charge in [-0.25, -0.2) is 9.50 Å². The number of ether oxygens (including phenoxy) is 1. The number of carbonyl (C=O) groups is 1. The predicted octanol–water partition coefficient (Wildman–Crippen LogP) is 3.35. The number of aromatic nitrogens is 4. The largest absolute Gasteiger partial charge is 0.508 e. The number of imidazole rings is 1. The second-order valence-electron chi connectivity index (χ2n) is 5.55. The smallest absolute Gasteiger partial charge is 0.260 e. The first-order valence-electron chi connectivity index (χ1n) is 7.95. The molecule has 0 fully saturated rings. The normalized spacial score (nSPS) is 11.2. The lowest BCUT2D eigenvalue weighted by Crippen LogP contribution is -2.15. The van der Waals surface area contributed by atoms with Crippen LogP contribution in [0.2, 0.25) is 0 Å². The quantitative estimate of drug-likeness (QED) is 0.396. The first-order valence-corrected chi connectivity index (χ1v) is 7.95. The molecule has 8 heteroatoms. The van der Waals surface area contributed by atoms with E-state index in [0.717, 1.165) is 5.69 Å². The molecule has 2 N–H and O–H groups in total. The fourth-order valence-corrected chi connectivity index (χ4v) is 2.22. The monoisotopic (exact) mass is 363 g/mol. The van der Waals surface area contributed by atoms with E-state index in [4.69, 9.17) is 4.74 Å². The average molecular weight is 363 g/mol. The van der Waals surface area contributed by atoms with Crippen molar-refractivity contribution in [3.05, 3.63) is 79.0 Å². The second-order valence-corrected chi connectivity index (χ2v) is 5.55. The van der Waals surface area contributed by atoms with Crippen molar-refractivity contribution < 1.29 is 14.6 Å². The third kappa shape index (κ3) is 4.18. The fourth-order valence-electron chi connectivity index (χ4n) is 2.22. The van der Waals surface area contributed by atoms with Gasteiger partial charge in [0.2, 0.25) is 5.88 Å². The summed E-state index contributed by atoms with van der Waals surface area (Å²) in [4.78, 5) is 20.6. The first-order chi connectivity index (χ1) is 13.0. The van der Waals surface area contributed by atoms with Crippen LogP contribution < -0.4 is 10.1 Å². The number of aliphatic hydroxyl groups is 1. The molecule has 3 heterocycles. The molecule has 0 atom stereocenters. The van der Waals surface area contributed by atoms with Crippen molar-refractivity contribution in [2.75, 3.05) is 5.32 Å². The fraction of sp³-hybridized carbons (Fsp3) is 0.0526. The van der Waals surface area contributed by atoms with E-state index in [1.807, 2.05) is 13.0 Å². The molecule has 3 rings (SSSR count). The molecule has 3 aromatic heterocycles. The van der Waals surface area contributed by atoms with Gasteiger partial charge in [0.15, 0.2) is 11.5 Å². The molecule has 136 valence electrons. The number of carbonyl (C=O) groups excluding carboxylic acids is 1. The van der Waals surface area contributed by atoms with Crippen molar-refractivity contribution in [3.63, 3.8) is 0 Å². The topological polar surface area (TPSA) is 102 Å². The van der Waals surface area contributed by atoms with Crippen molar-refractivity contribution in [1.29, 1.82) is 0 Å². The number of pyridine rings is 1. The van der Waals surface area contributed by atoms with E-state index in [9.17, 15) is 9.90 Å². The molecule has 0 saturated heterocycles. The second kappa shape index (κ2) is 7.52. The Morgan fingerprint density at radius 1 is 1.33 bits per heavy atom. The SMILES string of the molecule is C=C/C=C(\C(=C)O)C(=O)Nc1cn2nc(Oc3ccc(C)nc3)ccc2n1. The number of anilines is 1. The molecule has 0 bridgehead atoms. The lowest BCUT2D eigenvalue weighted by atomic mass is 10.2. The Morgan fingerprint density at radius 2 is 2.15 bits per heavy atom. The van der Waals surface area contributed by atoms with Crippen LogP contribution in [0, 0.1) is 6.92 Å². The standard InChI is InChI=1S/C19H17N5O3/c1-4-5-15(13(3)25)19(26)22-16-11-24-17(21-16)8-9-18(23-24)27-14-7-6-12(2)20-10-14/h4-11,25H,1,3H2,2H3,(H,22,26)/b15-5+. The minimum absolute atomic E-state index is 0.00842. The Hall–Kier alpha value is -3.94. The number of amides is 1. The van der Waals surface area contributed by atoms with Crippen molar-refractivity contribution in [1.82, 2.24) is 19.6 Å². The van der Waals surface area contributed by atoms with Gasteiger partial charge in [-0.3, -0.25) is 9.78 Å². The third-order valence-corrected chi connectivity index (χ3v) is 3.48. The maximum absolute atomic E-state index is 12.2.